The molecule has 3 heterocycles. The molecule has 1 N–H and O–H groups in total. The van der Waals surface area contributed by atoms with Gasteiger partial charge in [0, 0.05) is 51.0 Å². The molecule has 4 rings (SSSR count). The van der Waals surface area contributed by atoms with E-state index < -0.39 is 0 Å². The molecular formula is C21H28N6O2. The van der Waals surface area contributed by atoms with Gasteiger partial charge in [-0.25, -0.2) is 4.79 Å². The van der Waals surface area contributed by atoms with Crippen LogP contribution in [0.3, 0.4) is 0 Å². The van der Waals surface area contributed by atoms with Crippen LogP contribution >= 0.6 is 0 Å². The number of piperazine rings is 1. The average molecular weight is 396 g/mol. The summed E-state index contributed by atoms with van der Waals surface area (Å²) < 4.78 is 5.41. The van der Waals surface area contributed by atoms with E-state index in [1.54, 1.807) is 6.20 Å². The van der Waals surface area contributed by atoms with E-state index in [-0.39, 0.29) is 6.03 Å². The predicted molar refractivity (Wildman–Crippen MR) is 114 cm³/mol. The highest BCUT2D eigenvalue weighted by molar-refractivity contribution is 5.90. The lowest BCUT2D eigenvalue weighted by atomic mass is 10.1. The first-order chi connectivity index (χ1) is 14.1. The minimum atomic E-state index is -0.0431. The van der Waals surface area contributed by atoms with Gasteiger partial charge in [-0.15, -0.1) is 5.10 Å². The van der Waals surface area contributed by atoms with Crippen molar-refractivity contribution < 1.29 is 9.53 Å². The lowest BCUT2D eigenvalue weighted by molar-refractivity contribution is 0.122. The number of benzene rings is 1. The molecule has 2 aliphatic rings. The molecule has 0 unspecified atom stereocenters. The molecule has 0 saturated carbocycles. The summed E-state index contributed by atoms with van der Waals surface area (Å²) in [6.45, 7) is 10.1. The first kappa shape index (κ1) is 19.4. The maximum absolute atomic E-state index is 12.7. The predicted octanol–water partition coefficient (Wildman–Crippen LogP) is 2.28. The van der Waals surface area contributed by atoms with Crippen LogP contribution in [0, 0.1) is 13.8 Å². The number of ether oxygens (including phenoxy) is 1. The van der Waals surface area contributed by atoms with Crippen LogP contribution in [0.25, 0.3) is 0 Å². The zero-order valence-corrected chi connectivity index (χ0v) is 17.1. The number of aryl methyl sites for hydroxylation is 2. The number of nitrogens with zero attached hydrogens (tertiary/aromatic N) is 5. The number of carbonyl (C=O) groups is 1. The summed E-state index contributed by atoms with van der Waals surface area (Å²) in [6, 6.07) is 8.11. The Morgan fingerprint density at radius 2 is 1.76 bits per heavy atom. The van der Waals surface area contributed by atoms with Gasteiger partial charge in [-0.1, -0.05) is 17.7 Å². The Morgan fingerprint density at radius 1 is 1.00 bits per heavy atom. The molecular weight excluding hydrogens is 368 g/mol. The van der Waals surface area contributed by atoms with Crippen molar-refractivity contribution in [2.24, 2.45) is 0 Å². The van der Waals surface area contributed by atoms with Crippen LogP contribution in [0.5, 0.6) is 0 Å². The van der Waals surface area contributed by atoms with E-state index >= 15 is 0 Å². The summed E-state index contributed by atoms with van der Waals surface area (Å²) in [5, 5.41) is 11.5. The molecule has 2 fully saturated rings. The van der Waals surface area contributed by atoms with Gasteiger partial charge in [-0.3, -0.25) is 0 Å². The number of rotatable bonds is 3. The van der Waals surface area contributed by atoms with Crippen LogP contribution < -0.4 is 15.1 Å². The van der Waals surface area contributed by atoms with Gasteiger partial charge in [0.25, 0.3) is 0 Å². The molecule has 1 aromatic carbocycles. The Hall–Kier alpha value is -2.87. The highest BCUT2D eigenvalue weighted by atomic mass is 16.5. The summed E-state index contributed by atoms with van der Waals surface area (Å²) in [7, 11) is 0. The van der Waals surface area contributed by atoms with E-state index in [1.807, 2.05) is 24.0 Å². The van der Waals surface area contributed by atoms with Gasteiger partial charge in [-0.05, 0) is 25.5 Å². The maximum Gasteiger partial charge on any atom is 0.321 e. The van der Waals surface area contributed by atoms with Crippen LogP contribution in [0.4, 0.5) is 22.0 Å². The van der Waals surface area contributed by atoms with Gasteiger partial charge < -0.3 is 24.8 Å². The second kappa shape index (κ2) is 8.65. The Kier molecular flexibility index (Phi) is 5.80. The number of nitrogens with one attached hydrogen (secondary N) is 1. The topological polar surface area (TPSA) is 73.8 Å². The Morgan fingerprint density at radius 3 is 2.48 bits per heavy atom. The van der Waals surface area contributed by atoms with Gasteiger partial charge in [0.05, 0.1) is 25.1 Å². The van der Waals surface area contributed by atoms with E-state index in [1.165, 1.54) is 5.56 Å². The van der Waals surface area contributed by atoms with Gasteiger partial charge in [-0.2, -0.15) is 5.10 Å². The molecule has 8 nitrogen and oxygen atoms in total. The van der Waals surface area contributed by atoms with Crippen LogP contribution in [-0.2, 0) is 4.74 Å². The minimum Gasteiger partial charge on any atom is -0.378 e. The summed E-state index contributed by atoms with van der Waals surface area (Å²) in [5.74, 6) is 0.890. The van der Waals surface area contributed by atoms with Gasteiger partial charge in [0.1, 0.15) is 0 Å². The van der Waals surface area contributed by atoms with Crippen molar-refractivity contribution in [3.05, 3.63) is 41.6 Å². The first-order valence-corrected chi connectivity index (χ1v) is 10.1. The number of hydrogen-bond donors (Lipinski definition) is 1. The fourth-order valence-electron chi connectivity index (χ4n) is 3.78. The fraction of sp³-hybridized carbons (Fsp3) is 0.476. The summed E-state index contributed by atoms with van der Waals surface area (Å²) in [6.07, 6.45) is 1.80. The molecule has 29 heavy (non-hydrogen) atoms. The number of carbonyl (C=O) groups excluding carboxylic acids is 1. The second-order valence-electron chi connectivity index (χ2n) is 7.59. The molecule has 0 aliphatic carbocycles. The quantitative estimate of drug-likeness (QED) is 0.858. The highest BCUT2D eigenvalue weighted by Gasteiger charge is 2.23. The van der Waals surface area contributed by atoms with Crippen molar-refractivity contribution in [1.29, 1.82) is 0 Å². The summed E-state index contributed by atoms with van der Waals surface area (Å²) in [4.78, 5) is 19.0. The minimum absolute atomic E-state index is 0.0431. The SMILES string of the molecule is Cc1ccc(NC(=O)N2CCN(c3cnnc(N4CCOCC4)c3)CC2)c(C)c1. The first-order valence-electron chi connectivity index (χ1n) is 10.1. The van der Waals surface area contributed by atoms with Crippen LogP contribution in [0.2, 0.25) is 0 Å². The van der Waals surface area contributed by atoms with Crippen molar-refractivity contribution in [2.45, 2.75) is 13.8 Å². The fourth-order valence-corrected chi connectivity index (χ4v) is 3.78. The monoisotopic (exact) mass is 396 g/mol. The molecule has 0 atom stereocenters. The lowest BCUT2D eigenvalue weighted by Gasteiger charge is -2.36. The van der Waals surface area contributed by atoms with E-state index in [4.69, 9.17) is 4.74 Å². The maximum atomic E-state index is 12.7. The van der Waals surface area contributed by atoms with Crippen LogP contribution in [0.15, 0.2) is 30.5 Å². The largest absolute Gasteiger partial charge is 0.378 e. The number of amides is 2. The lowest BCUT2D eigenvalue weighted by Crippen LogP contribution is -2.50. The number of anilines is 3. The molecule has 2 aromatic rings. The van der Waals surface area contributed by atoms with E-state index in [2.05, 4.69) is 44.4 Å². The van der Waals surface area contributed by atoms with Crippen LogP contribution in [-0.4, -0.2) is 73.6 Å². The van der Waals surface area contributed by atoms with Crippen molar-refractivity contribution >= 4 is 23.2 Å². The number of hydrogen-bond acceptors (Lipinski definition) is 6. The number of aromatic nitrogens is 2. The molecule has 0 radical (unpaired) electrons. The van der Waals surface area contributed by atoms with Crippen LogP contribution in [0.1, 0.15) is 11.1 Å². The average Bonchev–Trinajstić information content (AvgIpc) is 2.76. The molecule has 2 amide bonds. The smallest absolute Gasteiger partial charge is 0.321 e. The molecule has 154 valence electrons. The van der Waals surface area contributed by atoms with Crippen molar-refractivity contribution in [3.63, 3.8) is 0 Å². The van der Waals surface area contributed by atoms with E-state index in [0.29, 0.717) is 13.1 Å². The number of morpholine rings is 1. The Bertz CT molecular complexity index is 860. The third kappa shape index (κ3) is 4.59. The standard InChI is InChI=1S/C21H28N6O2/c1-16-3-4-19(17(2)13-16)23-21(28)27-7-5-25(6-8-27)18-14-20(24-22-15-18)26-9-11-29-12-10-26/h3-4,13-15H,5-12H2,1-2H3,(H,23,28). The van der Waals surface area contributed by atoms with Gasteiger partial charge in [0.2, 0.25) is 0 Å². The second-order valence-corrected chi connectivity index (χ2v) is 7.59. The zero-order valence-electron chi connectivity index (χ0n) is 17.1. The third-order valence-electron chi connectivity index (χ3n) is 5.52. The normalized spacial score (nSPS) is 17.4. The van der Waals surface area contributed by atoms with E-state index in [9.17, 15) is 4.79 Å². The Labute approximate surface area is 171 Å². The molecule has 8 heteroatoms. The molecule has 1 aromatic heterocycles. The highest BCUT2D eigenvalue weighted by Crippen LogP contribution is 2.22. The summed E-state index contributed by atoms with van der Waals surface area (Å²) in [5.41, 5.74) is 4.19. The third-order valence-corrected chi connectivity index (χ3v) is 5.52. The van der Waals surface area contributed by atoms with E-state index in [0.717, 1.165) is 62.1 Å². The van der Waals surface area contributed by atoms with Gasteiger partial charge >= 0.3 is 6.03 Å². The van der Waals surface area contributed by atoms with Gasteiger partial charge in [0.15, 0.2) is 5.82 Å². The molecule has 0 spiro atoms. The molecule has 0 bridgehead atoms. The summed E-state index contributed by atoms with van der Waals surface area (Å²) >= 11 is 0. The molecule has 2 saturated heterocycles. The van der Waals surface area contributed by atoms with Crippen molar-refractivity contribution in [1.82, 2.24) is 15.1 Å². The molecule has 2 aliphatic heterocycles. The van der Waals surface area contributed by atoms with Crippen molar-refractivity contribution in [2.75, 3.05) is 67.6 Å². The zero-order chi connectivity index (χ0) is 20.2. The Balaban J connectivity index is 1.35. The van der Waals surface area contributed by atoms with Crippen molar-refractivity contribution in [3.8, 4) is 0 Å². The number of urea groups is 1.